The van der Waals surface area contributed by atoms with Crippen LogP contribution in [0.2, 0.25) is 5.02 Å². The maximum absolute atomic E-state index is 12.7. The first-order valence-electron chi connectivity index (χ1n) is 3.36. The molecule has 0 aliphatic carbocycles. The smallest absolute Gasteiger partial charge is 0.124 e. The van der Waals surface area contributed by atoms with E-state index in [4.69, 9.17) is 11.6 Å². The van der Waals surface area contributed by atoms with Crippen molar-refractivity contribution in [1.29, 1.82) is 0 Å². The van der Waals surface area contributed by atoms with Crippen LogP contribution in [-0.2, 0) is 0 Å². The summed E-state index contributed by atoms with van der Waals surface area (Å²) in [7, 11) is 0. The van der Waals surface area contributed by atoms with Crippen LogP contribution in [-0.4, -0.2) is 0 Å². The lowest BCUT2D eigenvalue weighted by Gasteiger charge is -2.04. The van der Waals surface area contributed by atoms with Gasteiger partial charge in [0.1, 0.15) is 5.82 Å². The molecule has 0 amide bonds. The van der Waals surface area contributed by atoms with E-state index in [1.807, 2.05) is 13.8 Å². The molecule has 0 unspecified atom stereocenters. The molecule has 1 rings (SSSR count). The Hall–Kier alpha value is -0.560. The molecule has 0 N–H and O–H groups in total. The molecule has 1 radical (unpaired) electrons. The predicted octanol–water partition coefficient (Wildman–Crippen LogP) is 3.44. The lowest BCUT2D eigenvalue weighted by atomic mass is 10.0. The molecular weight excluding hydrogens is 163 g/mol. The van der Waals surface area contributed by atoms with Gasteiger partial charge >= 0.3 is 0 Å². The van der Waals surface area contributed by atoms with E-state index in [1.165, 1.54) is 12.1 Å². The highest BCUT2D eigenvalue weighted by molar-refractivity contribution is 6.30. The first kappa shape index (κ1) is 8.54. The van der Waals surface area contributed by atoms with Crippen molar-refractivity contribution < 1.29 is 4.39 Å². The van der Waals surface area contributed by atoms with E-state index in [-0.39, 0.29) is 5.82 Å². The summed E-state index contributed by atoms with van der Waals surface area (Å²) in [6, 6.07) is 4.52. The van der Waals surface area contributed by atoms with Crippen molar-refractivity contribution in [3.63, 3.8) is 0 Å². The Bertz CT molecular complexity index is 235. The molecule has 1 aromatic carbocycles. The summed E-state index contributed by atoms with van der Waals surface area (Å²) in [5.74, 6) is 0.778. The van der Waals surface area contributed by atoms with Crippen LogP contribution in [0.1, 0.15) is 19.4 Å². The van der Waals surface area contributed by atoms with Crippen LogP contribution in [0.15, 0.2) is 18.2 Å². The molecule has 0 atom stereocenters. The van der Waals surface area contributed by atoms with Gasteiger partial charge < -0.3 is 0 Å². The SMILES string of the molecule is C[C](C)c1cc(F)cc(Cl)c1. The summed E-state index contributed by atoms with van der Waals surface area (Å²) in [5.41, 5.74) is 0.856. The Morgan fingerprint density at radius 2 is 1.91 bits per heavy atom. The highest BCUT2D eigenvalue weighted by Crippen LogP contribution is 2.19. The van der Waals surface area contributed by atoms with Crippen molar-refractivity contribution in [1.82, 2.24) is 0 Å². The molecule has 0 aliphatic heterocycles. The third-order valence-electron chi connectivity index (χ3n) is 1.44. The van der Waals surface area contributed by atoms with Crippen molar-refractivity contribution in [2.45, 2.75) is 13.8 Å². The summed E-state index contributed by atoms with van der Waals surface area (Å²) in [5, 5.41) is 0.446. The first-order valence-corrected chi connectivity index (χ1v) is 3.74. The second kappa shape index (κ2) is 3.22. The number of hydrogen-bond acceptors (Lipinski definition) is 0. The predicted molar refractivity (Wildman–Crippen MR) is 45.1 cm³/mol. The van der Waals surface area contributed by atoms with Gasteiger partial charge in [-0.1, -0.05) is 25.4 Å². The summed E-state index contributed by atoms with van der Waals surface area (Å²) in [6.45, 7) is 3.84. The zero-order valence-electron chi connectivity index (χ0n) is 6.49. The molecule has 0 spiro atoms. The van der Waals surface area contributed by atoms with E-state index in [0.29, 0.717) is 5.02 Å². The van der Waals surface area contributed by atoms with Gasteiger partial charge in [0, 0.05) is 5.02 Å². The second-order valence-corrected chi connectivity index (χ2v) is 3.09. The summed E-state index contributed by atoms with van der Waals surface area (Å²) in [4.78, 5) is 0. The van der Waals surface area contributed by atoms with E-state index in [0.717, 1.165) is 11.5 Å². The quantitative estimate of drug-likeness (QED) is 0.607. The molecular formula is C9H9ClF. The van der Waals surface area contributed by atoms with Crippen molar-refractivity contribution in [2.75, 3.05) is 0 Å². The zero-order chi connectivity index (χ0) is 8.43. The number of hydrogen-bond donors (Lipinski definition) is 0. The average molecular weight is 172 g/mol. The largest absolute Gasteiger partial charge is 0.207 e. The van der Waals surface area contributed by atoms with E-state index in [1.54, 1.807) is 6.07 Å². The Labute approximate surface area is 71.0 Å². The van der Waals surface area contributed by atoms with Gasteiger partial charge in [-0.15, -0.1) is 0 Å². The third-order valence-corrected chi connectivity index (χ3v) is 1.66. The van der Waals surface area contributed by atoms with E-state index < -0.39 is 0 Å². The van der Waals surface area contributed by atoms with E-state index in [2.05, 4.69) is 0 Å². The molecule has 2 heteroatoms. The maximum Gasteiger partial charge on any atom is 0.124 e. The molecule has 59 valence electrons. The van der Waals surface area contributed by atoms with Gasteiger partial charge in [0.25, 0.3) is 0 Å². The van der Waals surface area contributed by atoms with Gasteiger partial charge in [0.2, 0.25) is 0 Å². The molecule has 11 heavy (non-hydrogen) atoms. The topological polar surface area (TPSA) is 0 Å². The van der Waals surface area contributed by atoms with Crippen molar-refractivity contribution >= 4 is 11.6 Å². The van der Waals surface area contributed by atoms with Gasteiger partial charge in [-0.3, -0.25) is 0 Å². The lowest BCUT2D eigenvalue weighted by molar-refractivity contribution is 0.626. The molecule has 0 saturated heterocycles. The average Bonchev–Trinajstić information content (AvgIpc) is 1.85. The van der Waals surface area contributed by atoms with Crippen molar-refractivity contribution in [3.8, 4) is 0 Å². The zero-order valence-corrected chi connectivity index (χ0v) is 7.24. The van der Waals surface area contributed by atoms with Crippen LogP contribution >= 0.6 is 11.6 Å². The monoisotopic (exact) mass is 171 g/mol. The summed E-state index contributed by atoms with van der Waals surface area (Å²) < 4.78 is 12.7. The van der Waals surface area contributed by atoms with Gasteiger partial charge in [0.15, 0.2) is 0 Å². The Balaban J connectivity index is 3.08. The molecule has 0 bridgehead atoms. The first-order chi connectivity index (χ1) is 5.09. The van der Waals surface area contributed by atoms with Gasteiger partial charge in [0.05, 0.1) is 0 Å². The molecule has 0 aromatic heterocycles. The maximum atomic E-state index is 12.7. The standard InChI is InChI=1S/C9H9ClF/c1-6(2)7-3-8(10)5-9(11)4-7/h3-5H,1-2H3. The van der Waals surface area contributed by atoms with Crippen LogP contribution < -0.4 is 0 Å². The minimum atomic E-state index is -0.284. The lowest BCUT2D eigenvalue weighted by Crippen LogP contribution is -1.89. The van der Waals surface area contributed by atoms with Gasteiger partial charge in [-0.05, 0) is 29.7 Å². The van der Waals surface area contributed by atoms with Crippen LogP contribution in [0, 0.1) is 11.7 Å². The highest BCUT2D eigenvalue weighted by Gasteiger charge is 2.02. The van der Waals surface area contributed by atoms with Crippen LogP contribution in [0.25, 0.3) is 0 Å². The van der Waals surface area contributed by atoms with E-state index >= 15 is 0 Å². The molecule has 0 heterocycles. The summed E-state index contributed by atoms with van der Waals surface area (Å²) in [6.07, 6.45) is 0. The van der Waals surface area contributed by atoms with Crippen LogP contribution in [0.3, 0.4) is 0 Å². The normalized spacial score (nSPS) is 10.6. The molecule has 0 fully saturated rings. The fraction of sp³-hybridized carbons (Fsp3) is 0.222. The third kappa shape index (κ3) is 2.19. The summed E-state index contributed by atoms with van der Waals surface area (Å²) >= 11 is 5.64. The molecule has 0 nitrogen and oxygen atoms in total. The fourth-order valence-electron chi connectivity index (χ4n) is 0.843. The van der Waals surface area contributed by atoms with Crippen molar-refractivity contribution in [2.24, 2.45) is 0 Å². The minimum Gasteiger partial charge on any atom is -0.207 e. The Morgan fingerprint density at radius 3 is 2.36 bits per heavy atom. The molecule has 1 aromatic rings. The van der Waals surface area contributed by atoms with Gasteiger partial charge in [-0.2, -0.15) is 0 Å². The Morgan fingerprint density at radius 1 is 1.27 bits per heavy atom. The molecule has 0 aliphatic rings. The van der Waals surface area contributed by atoms with Crippen LogP contribution in [0.5, 0.6) is 0 Å². The second-order valence-electron chi connectivity index (χ2n) is 2.66. The molecule has 0 saturated carbocycles. The van der Waals surface area contributed by atoms with Crippen LogP contribution in [0.4, 0.5) is 4.39 Å². The van der Waals surface area contributed by atoms with Crippen molar-refractivity contribution in [3.05, 3.63) is 40.5 Å². The number of halogens is 2. The van der Waals surface area contributed by atoms with Gasteiger partial charge in [-0.25, -0.2) is 4.39 Å². The minimum absolute atomic E-state index is 0.284. The number of benzene rings is 1. The Kier molecular flexibility index (Phi) is 2.50. The fourth-order valence-corrected chi connectivity index (χ4v) is 1.06. The number of rotatable bonds is 1. The highest BCUT2D eigenvalue weighted by atomic mass is 35.5. The van der Waals surface area contributed by atoms with E-state index in [9.17, 15) is 4.39 Å².